The number of nitrogens with two attached hydrogens (primary N) is 1. The lowest BCUT2D eigenvalue weighted by atomic mass is 9.98. The fraction of sp³-hybridized carbons (Fsp3) is 0.538. The van der Waals surface area contributed by atoms with Crippen molar-refractivity contribution in [2.75, 3.05) is 20.2 Å². The molecule has 1 fully saturated rings. The first-order valence-corrected chi connectivity index (χ1v) is 6.28. The average molecular weight is 266 g/mol. The Labute approximate surface area is 111 Å². The second-order valence-electron chi connectivity index (χ2n) is 4.61. The van der Waals surface area contributed by atoms with Gasteiger partial charge in [-0.25, -0.2) is 4.79 Å². The van der Waals surface area contributed by atoms with Crippen molar-refractivity contribution in [1.82, 2.24) is 4.90 Å². The van der Waals surface area contributed by atoms with E-state index in [1.165, 1.54) is 18.4 Å². The molecule has 19 heavy (non-hydrogen) atoms. The Balaban J connectivity index is 2.13. The minimum Gasteiger partial charge on any atom is -0.430 e. The van der Waals surface area contributed by atoms with Crippen LogP contribution in [-0.4, -0.2) is 43.2 Å². The summed E-state index contributed by atoms with van der Waals surface area (Å²) in [6.45, 7) is 0.987. The van der Waals surface area contributed by atoms with Gasteiger partial charge >= 0.3 is 5.63 Å². The summed E-state index contributed by atoms with van der Waals surface area (Å²) in [6, 6.07) is 2.68. The Morgan fingerprint density at radius 3 is 2.95 bits per heavy atom. The molecule has 1 saturated heterocycles. The molecule has 104 valence electrons. The van der Waals surface area contributed by atoms with Crippen LogP contribution in [0.5, 0.6) is 0 Å². The molecule has 1 aliphatic heterocycles. The van der Waals surface area contributed by atoms with E-state index in [-0.39, 0.29) is 18.1 Å². The summed E-state index contributed by atoms with van der Waals surface area (Å²) in [4.78, 5) is 25.0. The van der Waals surface area contributed by atoms with E-state index in [2.05, 4.69) is 0 Å². The van der Waals surface area contributed by atoms with Crippen molar-refractivity contribution in [3.8, 4) is 0 Å². The molecule has 0 radical (unpaired) electrons. The first-order valence-electron chi connectivity index (χ1n) is 6.28. The van der Waals surface area contributed by atoms with Gasteiger partial charge in [-0.2, -0.15) is 0 Å². The largest absolute Gasteiger partial charge is 0.430 e. The van der Waals surface area contributed by atoms with E-state index in [4.69, 9.17) is 14.9 Å². The maximum Gasteiger partial charge on any atom is 0.335 e. The van der Waals surface area contributed by atoms with Gasteiger partial charge < -0.3 is 19.8 Å². The molecule has 1 aliphatic rings. The van der Waals surface area contributed by atoms with Crippen LogP contribution in [0.4, 0.5) is 0 Å². The number of hydrogen-bond acceptors (Lipinski definition) is 5. The molecule has 0 spiro atoms. The van der Waals surface area contributed by atoms with Gasteiger partial charge in [-0.1, -0.05) is 0 Å². The molecule has 2 rings (SSSR count). The fourth-order valence-electron chi connectivity index (χ4n) is 2.36. The summed E-state index contributed by atoms with van der Waals surface area (Å²) in [5.74, 6) is -0.159. The molecule has 0 aliphatic carbocycles. The molecule has 2 heterocycles. The molecule has 0 bridgehead atoms. The van der Waals surface area contributed by atoms with Crippen molar-refractivity contribution in [2.24, 2.45) is 5.73 Å². The van der Waals surface area contributed by atoms with Gasteiger partial charge in [0.05, 0.1) is 11.7 Å². The lowest BCUT2D eigenvalue weighted by Gasteiger charge is -2.38. The number of amides is 1. The van der Waals surface area contributed by atoms with Crippen molar-refractivity contribution in [3.63, 3.8) is 0 Å². The quantitative estimate of drug-likeness (QED) is 0.845. The molecular weight excluding hydrogens is 248 g/mol. The summed E-state index contributed by atoms with van der Waals surface area (Å²) >= 11 is 0. The molecule has 2 unspecified atom stereocenters. The van der Waals surface area contributed by atoms with E-state index in [1.54, 1.807) is 12.0 Å². The zero-order valence-corrected chi connectivity index (χ0v) is 10.9. The number of ether oxygens (including phenoxy) is 1. The standard InChI is InChI=1S/C13H18N2O4/c1-18-11-4-5-15(10(6-11)7-14)13(17)9-2-3-12(16)19-8-9/h2-3,8,10-11H,4-7,14H2,1H3. The summed E-state index contributed by atoms with van der Waals surface area (Å²) in [5.41, 5.74) is 5.63. The van der Waals surface area contributed by atoms with E-state index >= 15 is 0 Å². The second kappa shape index (κ2) is 5.99. The third kappa shape index (κ3) is 3.02. The third-order valence-electron chi connectivity index (χ3n) is 3.48. The van der Waals surface area contributed by atoms with E-state index in [0.717, 1.165) is 12.8 Å². The van der Waals surface area contributed by atoms with Gasteiger partial charge in [0.15, 0.2) is 0 Å². The minimum atomic E-state index is -0.468. The highest BCUT2D eigenvalue weighted by Crippen LogP contribution is 2.21. The molecule has 2 atom stereocenters. The number of carbonyl (C=O) groups excluding carboxylic acids is 1. The van der Waals surface area contributed by atoms with Crippen LogP contribution in [0.1, 0.15) is 23.2 Å². The number of nitrogens with zero attached hydrogens (tertiary/aromatic N) is 1. The number of hydrogen-bond donors (Lipinski definition) is 1. The van der Waals surface area contributed by atoms with Crippen LogP contribution in [0.25, 0.3) is 0 Å². The molecule has 1 aromatic heterocycles. The topological polar surface area (TPSA) is 85.8 Å². The van der Waals surface area contributed by atoms with Gasteiger partial charge in [0, 0.05) is 32.3 Å². The maximum absolute atomic E-state index is 12.3. The van der Waals surface area contributed by atoms with Crippen LogP contribution >= 0.6 is 0 Å². The van der Waals surface area contributed by atoms with Crippen molar-refractivity contribution in [1.29, 1.82) is 0 Å². The van der Waals surface area contributed by atoms with Crippen LogP contribution in [0.2, 0.25) is 0 Å². The Morgan fingerprint density at radius 1 is 1.58 bits per heavy atom. The van der Waals surface area contributed by atoms with Crippen molar-refractivity contribution < 1.29 is 13.9 Å². The molecule has 0 aromatic carbocycles. The SMILES string of the molecule is COC1CCN(C(=O)c2ccc(=O)oc2)C(CN)C1. The highest BCUT2D eigenvalue weighted by Gasteiger charge is 2.31. The predicted molar refractivity (Wildman–Crippen MR) is 68.9 cm³/mol. The molecule has 1 amide bonds. The summed E-state index contributed by atoms with van der Waals surface area (Å²) in [6.07, 6.45) is 2.86. The predicted octanol–water partition coefficient (Wildman–Crippen LogP) is 0.218. The monoisotopic (exact) mass is 266 g/mol. The zero-order valence-electron chi connectivity index (χ0n) is 10.9. The van der Waals surface area contributed by atoms with Crippen molar-refractivity contribution in [3.05, 3.63) is 34.4 Å². The molecule has 1 aromatic rings. The second-order valence-corrected chi connectivity index (χ2v) is 4.61. The van der Waals surface area contributed by atoms with Crippen LogP contribution in [0, 0.1) is 0 Å². The van der Waals surface area contributed by atoms with Crippen LogP contribution in [-0.2, 0) is 4.74 Å². The number of methoxy groups -OCH3 is 1. The average Bonchev–Trinajstić information content (AvgIpc) is 2.46. The minimum absolute atomic E-state index is 0.0434. The Morgan fingerprint density at radius 2 is 2.37 bits per heavy atom. The Bertz CT molecular complexity index is 479. The van der Waals surface area contributed by atoms with Gasteiger partial charge in [0.1, 0.15) is 6.26 Å². The summed E-state index contributed by atoms with van der Waals surface area (Å²) in [5, 5.41) is 0. The van der Waals surface area contributed by atoms with Gasteiger partial charge in [0.25, 0.3) is 5.91 Å². The van der Waals surface area contributed by atoms with Gasteiger partial charge in [-0.15, -0.1) is 0 Å². The molecule has 0 saturated carbocycles. The lowest BCUT2D eigenvalue weighted by Crippen LogP contribution is -2.51. The molecule has 6 nitrogen and oxygen atoms in total. The normalized spacial score (nSPS) is 23.4. The maximum atomic E-state index is 12.3. The summed E-state index contributed by atoms with van der Waals surface area (Å²) < 4.78 is 10.0. The number of carbonyl (C=O) groups is 1. The third-order valence-corrected chi connectivity index (χ3v) is 3.48. The van der Waals surface area contributed by atoms with Crippen LogP contribution in [0.3, 0.4) is 0 Å². The molecular formula is C13H18N2O4. The lowest BCUT2D eigenvalue weighted by molar-refractivity contribution is 0.0138. The van der Waals surface area contributed by atoms with Crippen molar-refractivity contribution >= 4 is 5.91 Å². The number of likely N-dealkylation sites (tertiary alicyclic amines) is 1. The van der Waals surface area contributed by atoms with E-state index in [1.807, 2.05) is 0 Å². The fourth-order valence-corrected chi connectivity index (χ4v) is 2.36. The first kappa shape index (κ1) is 13.8. The number of piperidine rings is 1. The molecule has 2 N–H and O–H groups in total. The van der Waals surface area contributed by atoms with Gasteiger partial charge in [0.2, 0.25) is 0 Å². The number of rotatable bonds is 3. The molecule has 6 heteroatoms. The Kier molecular flexibility index (Phi) is 4.34. The van der Waals surface area contributed by atoms with Crippen LogP contribution < -0.4 is 11.4 Å². The summed E-state index contributed by atoms with van der Waals surface area (Å²) in [7, 11) is 1.67. The first-order chi connectivity index (χ1) is 9.15. The zero-order chi connectivity index (χ0) is 13.8. The van der Waals surface area contributed by atoms with E-state index in [0.29, 0.717) is 18.7 Å². The van der Waals surface area contributed by atoms with Gasteiger partial charge in [-0.05, 0) is 18.9 Å². The van der Waals surface area contributed by atoms with E-state index < -0.39 is 5.63 Å². The van der Waals surface area contributed by atoms with E-state index in [9.17, 15) is 9.59 Å². The highest BCUT2D eigenvalue weighted by molar-refractivity contribution is 5.94. The smallest absolute Gasteiger partial charge is 0.335 e. The van der Waals surface area contributed by atoms with Crippen molar-refractivity contribution in [2.45, 2.75) is 25.0 Å². The van der Waals surface area contributed by atoms with Gasteiger partial charge in [-0.3, -0.25) is 4.79 Å². The highest BCUT2D eigenvalue weighted by atomic mass is 16.5. The van der Waals surface area contributed by atoms with Crippen LogP contribution in [0.15, 0.2) is 27.6 Å². The Hall–Kier alpha value is -1.66.